The van der Waals surface area contributed by atoms with Crippen LogP contribution in [0.1, 0.15) is 130 Å². The standard InChI is InChI=1S/C31H51NO3S/c1-12-14-16-18-23(19-17-15-13-2)20-24-26(35-29(36)32(10)11)21-25(30(4,5)6)28(34-22(3)33)27(24)31(7,8)9/h20-21H,12-19H2,1-11H3. The first-order chi connectivity index (χ1) is 16.6. The third-order valence-electron chi connectivity index (χ3n) is 6.20. The predicted molar refractivity (Wildman–Crippen MR) is 158 cm³/mol. The van der Waals surface area contributed by atoms with Crippen molar-refractivity contribution >= 4 is 29.4 Å². The number of thiocarbonyl (C=S) groups is 1. The van der Waals surface area contributed by atoms with Crippen molar-refractivity contribution in [2.24, 2.45) is 0 Å². The first kappa shape index (κ1) is 32.1. The zero-order chi connectivity index (χ0) is 27.7. The summed E-state index contributed by atoms with van der Waals surface area (Å²) in [5.74, 6) is 1.06. The highest BCUT2D eigenvalue weighted by molar-refractivity contribution is 7.80. The Balaban J connectivity index is 4.05. The largest absolute Gasteiger partial charge is 0.431 e. The number of hydrogen-bond acceptors (Lipinski definition) is 4. The summed E-state index contributed by atoms with van der Waals surface area (Å²) in [7, 11) is 3.78. The van der Waals surface area contributed by atoms with E-state index in [2.05, 4.69) is 61.5 Å². The Morgan fingerprint density at radius 2 is 1.44 bits per heavy atom. The minimum atomic E-state index is -0.315. The number of ether oxygens (including phenoxy) is 2. The van der Waals surface area contributed by atoms with Crippen molar-refractivity contribution < 1.29 is 14.3 Å². The Bertz CT molecular complexity index is 905. The SMILES string of the molecule is CCCCCC(=Cc1c(OC(=S)N(C)C)cc(C(C)(C)C)c(OC(C)=O)c1C(C)(C)C)CCCCC. The van der Waals surface area contributed by atoms with Gasteiger partial charge in [-0.1, -0.05) is 92.7 Å². The molecular weight excluding hydrogens is 466 g/mol. The zero-order valence-electron chi connectivity index (χ0n) is 24.9. The molecule has 0 N–H and O–H groups in total. The molecule has 0 aromatic heterocycles. The number of allylic oxidation sites excluding steroid dienone is 1. The number of rotatable bonds is 11. The maximum Gasteiger partial charge on any atom is 0.308 e. The van der Waals surface area contributed by atoms with Gasteiger partial charge in [-0.05, 0) is 54.8 Å². The van der Waals surface area contributed by atoms with Crippen LogP contribution in [-0.2, 0) is 15.6 Å². The smallest absolute Gasteiger partial charge is 0.308 e. The Morgan fingerprint density at radius 3 is 1.83 bits per heavy atom. The molecule has 0 amide bonds. The maximum absolute atomic E-state index is 12.3. The molecule has 0 spiro atoms. The van der Waals surface area contributed by atoms with Crippen LogP contribution < -0.4 is 9.47 Å². The number of hydrogen-bond donors (Lipinski definition) is 0. The molecule has 0 heterocycles. The van der Waals surface area contributed by atoms with Crippen molar-refractivity contribution in [3.63, 3.8) is 0 Å². The molecule has 1 aromatic rings. The second kappa shape index (κ2) is 14.2. The molecule has 0 aliphatic carbocycles. The van der Waals surface area contributed by atoms with Gasteiger partial charge in [0.1, 0.15) is 11.5 Å². The van der Waals surface area contributed by atoms with Crippen LogP contribution in [0.5, 0.6) is 11.5 Å². The van der Waals surface area contributed by atoms with Gasteiger partial charge in [0.15, 0.2) is 0 Å². The normalized spacial score (nSPS) is 11.8. The van der Waals surface area contributed by atoms with E-state index in [0.717, 1.165) is 35.3 Å². The van der Waals surface area contributed by atoms with Gasteiger partial charge >= 0.3 is 5.97 Å². The van der Waals surface area contributed by atoms with Crippen LogP contribution in [0.25, 0.3) is 6.08 Å². The van der Waals surface area contributed by atoms with Crippen LogP contribution in [0.3, 0.4) is 0 Å². The lowest BCUT2D eigenvalue weighted by atomic mass is 9.76. The quantitative estimate of drug-likeness (QED) is 0.127. The van der Waals surface area contributed by atoms with Gasteiger partial charge in [0.05, 0.1) is 0 Å². The lowest BCUT2D eigenvalue weighted by Crippen LogP contribution is -2.27. The van der Waals surface area contributed by atoms with E-state index >= 15 is 0 Å². The number of benzene rings is 1. The molecule has 0 atom stereocenters. The van der Waals surface area contributed by atoms with E-state index in [0.29, 0.717) is 10.9 Å². The molecule has 0 fully saturated rings. The number of carbonyl (C=O) groups excluding carboxylic acids is 1. The topological polar surface area (TPSA) is 38.8 Å². The fourth-order valence-corrected chi connectivity index (χ4v) is 4.39. The van der Waals surface area contributed by atoms with Crippen molar-refractivity contribution in [1.82, 2.24) is 4.90 Å². The zero-order valence-corrected chi connectivity index (χ0v) is 25.7. The van der Waals surface area contributed by atoms with E-state index in [4.69, 9.17) is 21.7 Å². The Hall–Kier alpha value is -1.88. The first-order valence-electron chi connectivity index (χ1n) is 13.6. The van der Waals surface area contributed by atoms with Gasteiger partial charge in [-0.25, -0.2) is 0 Å². The summed E-state index contributed by atoms with van der Waals surface area (Å²) >= 11 is 5.58. The highest BCUT2D eigenvalue weighted by Crippen LogP contribution is 2.47. The molecule has 1 rings (SSSR count). The van der Waals surface area contributed by atoms with Gasteiger partial charge in [0, 0.05) is 37.7 Å². The van der Waals surface area contributed by atoms with Gasteiger partial charge in [-0.15, -0.1) is 0 Å². The van der Waals surface area contributed by atoms with Gasteiger partial charge in [0.25, 0.3) is 5.17 Å². The number of unbranched alkanes of at least 4 members (excludes halogenated alkanes) is 4. The van der Waals surface area contributed by atoms with Crippen LogP contribution in [0, 0.1) is 0 Å². The summed E-state index contributed by atoms with van der Waals surface area (Å²) in [6.07, 6.45) is 11.6. The number of esters is 1. The summed E-state index contributed by atoms with van der Waals surface area (Å²) in [6, 6.07) is 2.03. The molecule has 0 aliphatic heterocycles. The highest BCUT2D eigenvalue weighted by atomic mass is 32.1. The average molecular weight is 518 g/mol. The molecule has 0 saturated carbocycles. The second-order valence-electron chi connectivity index (χ2n) is 12.1. The molecule has 0 unspecified atom stereocenters. The van der Waals surface area contributed by atoms with E-state index in [1.54, 1.807) is 4.90 Å². The second-order valence-corrected chi connectivity index (χ2v) is 12.5. The predicted octanol–water partition coefficient (Wildman–Crippen LogP) is 8.98. The van der Waals surface area contributed by atoms with Crippen LogP contribution >= 0.6 is 12.2 Å². The van der Waals surface area contributed by atoms with E-state index in [1.807, 2.05) is 20.2 Å². The first-order valence-corrected chi connectivity index (χ1v) is 14.0. The number of nitrogens with zero attached hydrogens (tertiary/aromatic N) is 1. The highest BCUT2D eigenvalue weighted by Gasteiger charge is 2.33. The van der Waals surface area contributed by atoms with Gasteiger partial charge in [-0.2, -0.15) is 0 Å². The Labute approximate surface area is 226 Å². The summed E-state index contributed by atoms with van der Waals surface area (Å²) in [4.78, 5) is 14.1. The minimum absolute atomic E-state index is 0.268. The van der Waals surface area contributed by atoms with Crippen molar-refractivity contribution in [1.29, 1.82) is 0 Å². The third-order valence-corrected chi connectivity index (χ3v) is 6.65. The van der Waals surface area contributed by atoms with Crippen molar-refractivity contribution in [3.05, 3.63) is 28.3 Å². The Kier molecular flexibility index (Phi) is 12.6. The molecule has 36 heavy (non-hydrogen) atoms. The monoisotopic (exact) mass is 517 g/mol. The molecule has 4 nitrogen and oxygen atoms in total. The molecule has 0 radical (unpaired) electrons. The van der Waals surface area contributed by atoms with Crippen LogP contribution in [0.4, 0.5) is 0 Å². The van der Waals surface area contributed by atoms with Crippen molar-refractivity contribution in [3.8, 4) is 11.5 Å². The average Bonchev–Trinajstić information content (AvgIpc) is 2.73. The van der Waals surface area contributed by atoms with Crippen LogP contribution in [0.15, 0.2) is 11.6 Å². The van der Waals surface area contributed by atoms with Crippen LogP contribution in [-0.4, -0.2) is 30.1 Å². The van der Waals surface area contributed by atoms with E-state index in [9.17, 15) is 4.79 Å². The Morgan fingerprint density at radius 1 is 0.917 bits per heavy atom. The molecule has 5 heteroatoms. The van der Waals surface area contributed by atoms with E-state index in [-0.39, 0.29) is 16.8 Å². The van der Waals surface area contributed by atoms with Gasteiger partial charge in [-0.3, -0.25) is 4.79 Å². The lowest BCUT2D eigenvalue weighted by Gasteiger charge is -2.32. The molecule has 0 aliphatic rings. The fourth-order valence-electron chi connectivity index (χ4n) is 4.30. The van der Waals surface area contributed by atoms with Gasteiger partial charge < -0.3 is 14.4 Å². The van der Waals surface area contributed by atoms with Crippen molar-refractivity contribution in [2.45, 2.75) is 125 Å². The van der Waals surface area contributed by atoms with Crippen LogP contribution in [0.2, 0.25) is 0 Å². The fraction of sp³-hybridized carbons (Fsp3) is 0.677. The van der Waals surface area contributed by atoms with E-state index < -0.39 is 0 Å². The number of carbonyl (C=O) groups is 1. The summed E-state index contributed by atoms with van der Waals surface area (Å²) in [5.41, 5.74) is 3.75. The third kappa shape index (κ3) is 9.88. The summed E-state index contributed by atoms with van der Waals surface area (Å²) in [5, 5.41) is 0.406. The molecule has 204 valence electrons. The van der Waals surface area contributed by atoms with Crippen molar-refractivity contribution in [2.75, 3.05) is 14.1 Å². The maximum atomic E-state index is 12.3. The summed E-state index contributed by atoms with van der Waals surface area (Å²) < 4.78 is 12.4. The molecule has 0 bridgehead atoms. The van der Waals surface area contributed by atoms with E-state index in [1.165, 1.54) is 51.0 Å². The van der Waals surface area contributed by atoms with Gasteiger partial charge in [0.2, 0.25) is 0 Å². The molecular formula is C31H51NO3S. The minimum Gasteiger partial charge on any atom is -0.431 e. The molecule has 0 saturated heterocycles. The summed E-state index contributed by atoms with van der Waals surface area (Å²) in [6.45, 7) is 18.8. The lowest BCUT2D eigenvalue weighted by molar-refractivity contribution is -0.132. The molecule has 1 aromatic carbocycles.